The van der Waals surface area contributed by atoms with Crippen LogP contribution in [0.25, 0.3) is 11.6 Å². The lowest BCUT2D eigenvalue weighted by Crippen LogP contribution is -2.14. The summed E-state index contributed by atoms with van der Waals surface area (Å²) in [7, 11) is 0. The molecule has 130 valence electrons. The molecule has 0 aliphatic heterocycles. The molecule has 5 heteroatoms. The van der Waals surface area contributed by atoms with Crippen molar-refractivity contribution in [2.45, 2.75) is 0 Å². The van der Waals surface area contributed by atoms with Crippen molar-refractivity contribution in [1.29, 1.82) is 0 Å². The van der Waals surface area contributed by atoms with Crippen molar-refractivity contribution in [1.82, 2.24) is 0 Å². The summed E-state index contributed by atoms with van der Waals surface area (Å²) in [6.07, 6.45) is 1.63. The fraction of sp³-hybridized carbons (Fsp3) is 0. The molecule has 1 amide bonds. The van der Waals surface area contributed by atoms with Crippen molar-refractivity contribution in [2.75, 3.05) is 5.32 Å². The minimum absolute atomic E-state index is 0.0996. The first-order chi connectivity index (χ1) is 12.5. The standard InChI is InChI=1S/C21H14ClF2NO/c22-18-9-5-4-8-15(18)12-17(14-6-2-1-3-7-14)21(26)25-20-11-10-16(23)13-19(20)24/h1-13H,(H,25,26)/b17-12+. The Balaban J connectivity index is 2.01. The van der Waals surface area contributed by atoms with Crippen molar-refractivity contribution < 1.29 is 13.6 Å². The highest BCUT2D eigenvalue weighted by Crippen LogP contribution is 2.25. The van der Waals surface area contributed by atoms with Gasteiger partial charge in [-0.15, -0.1) is 0 Å². The van der Waals surface area contributed by atoms with Gasteiger partial charge in [-0.3, -0.25) is 4.79 Å². The first-order valence-electron chi connectivity index (χ1n) is 7.82. The van der Waals surface area contributed by atoms with Gasteiger partial charge in [0.25, 0.3) is 5.91 Å². The second kappa shape index (κ2) is 7.93. The monoisotopic (exact) mass is 369 g/mol. The molecular weight excluding hydrogens is 356 g/mol. The molecule has 0 heterocycles. The summed E-state index contributed by atoms with van der Waals surface area (Å²) < 4.78 is 26.9. The number of nitrogens with one attached hydrogen (secondary N) is 1. The van der Waals surface area contributed by atoms with Crippen LogP contribution in [-0.2, 0) is 4.79 Å². The summed E-state index contributed by atoms with van der Waals surface area (Å²) in [5, 5.41) is 2.97. The van der Waals surface area contributed by atoms with Crippen LogP contribution in [0, 0.1) is 11.6 Å². The van der Waals surface area contributed by atoms with Gasteiger partial charge in [0.2, 0.25) is 0 Å². The van der Waals surface area contributed by atoms with E-state index < -0.39 is 17.5 Å². The third-order valence-corrected chi connectivity index (χ3v) is 4.06. The topological polar surface area (TPSA) is 29.1 Å². The van der Waals surface area contributed by atoms with Crippen LogP contribution in [0.2, 0.25) is 5.02 Å². The lowest BCUT2D eigenvalue weighted by molar-refractivity contribution is -0.111. The van der Waals surface area contributed by atoms with Crippen LogP contribution in [0.1, 0.15) is 11.1 Å². The van der Waals surface area contributed by atoms with Crippen molar-refractivity contribution in [2.24, 2.45) is 0 Å². The number of amides is 1. The van der Waals surface area contributed by atoms with E-state index in [1.807, 2.05) is 6.07 Å². The summed E-state index contributed by atoms with van der Waals surface area (Å²) in [5.74, 6) is -2.08. The fourth-order valence-corrected chi connectivity index (χ4v) is 2.62. The van der Waals surface area contributed by atoms with Crippen LogP contribution < -0.4 is 5.32 Å². The van der Waals surface area contributed by atoms with Crippen LogP contribution in [0.3, 0.4) is 0 Å². The van der Waals surface area contributed by atoms with E-state index in [1.165, 1.54) is 6.07 Å². The Morgan fingerprint density at radius 3 is 2.31 bits per heavy atom. The molecule has 0 aromatic heterocycles. The van der Waals surface area contributed by atoms with Gasteiger partial charge in [0.05, 0.1) is 5.69 Å². The number of carbonyl (C=O) groups excluding carboxylic acids is 1. The molecule has 0 aliphatic carbocycles. The first kappa shape index (κ1) is 17.8. The molecule has 0 atom stereocenters. The molecule has 3 aromatic carbocycles. The Kier molecular flexibility index (Phi) is 5.44. The lowest BCUT2D eigenvalue weighted by atomic mass is 10.0. The minimum atomic E-state index is -0.844. The van der Waals surface area contributed by atoms with Gasteiger partial charge in [-0.05, 0) is 35.4 Å². The molecule has 0 spiro atoms. The molecule has 0 aliphatic rings. The van der Waals surface area contributed by atoms with Gasteiger partial charge in [-0.25, -0.2) is 8.78 Å². The molecule has 0 fully saturated rings. The molecular formula is C21H14ClF2NO. The van der Waals surface area contributed by atoms with E-state index in [0.717, 1.165) is 12.1 Å². The zero-order valence-corrected chi connectivity index (χ0v) is 14.3. The molecule has 0 bridgehead atoms. The Labute approximate surface area is 154 Å². The fourth-order valence-electron chi connectivity index (χ4n) is 2.43. The van der Waals surface area contributed by atoms with Crippen LogP contribution >= 0.6 is 11.6 Å². The van der Waals surface area contributed by atoms with Crippen LogP contribution in [-0.4, -0.2) is 5.91 Å². The number of halogens is 3. The van der Waals surface area contributed by atoms with Gasteiger partial charge in [0.1, 0.15) is 11.6 Å². The van der Waals surface area contributed by atoms with Gasteiger partial charge in [0.15, 0.2) is 0 Å². The number of hydrogen-bond acceptors (Lipinski definition) is 1. The van der Waals surface area contributed by atoms with Crippen molar-refractivity contribution in [3.8, 4) is 0 Å². The van der Waals surface area contributed by atoms with Gasteiger partial charge in [-0.1, -0.05) is 60.1 Å². The van der Waals surface area contributed by atoms with Crippen molar-refractivity contribution in [3.05, 3.63) is 101 Å². The molecule has 0 saturated carbocycles. The Morgan fingerprint density at radius 1 is 0.923 bits per heavy atom. The molecule has 26 heavy (non-hydrogen) atoms. The van der Waals surface area contributed by atoms with Gasteiger partial charge in [0, 0.05) is 16.7 Å². The Bertz CT molecular complexity index is 971. The van der Waals surface area contributed by atoms with Crippen molar-refractivity contribution in [3.63, 3.8) is 0 Å². The second-order valence-electron chi connectivity index (χ2n) is 5.52. The number of rotatable bonds is 4. The SMILES string of the molecule is O=C(Nc1ccc(F)cc1F)/C(=C/c1ccccc1Cl)c1ccccc1. The van der Waals surface area contributed by atoms with Crippen LogP contribution in [0.4, 0.5) is 14.5 Å². The van der Waals surface area contributed by atoms with E-state index in [2.05, 4.69) is 5.32 Å². The normalized spacial score (nSPS) is 11.3. The highest BCUT2D eigenvalue weighted by Gasteiger charge is 2.15. The number of anilines is 1. The predicted octanol–water partition coefficient (Wildman–Crippen LogP) is 5.80. The number of hydrogen-bond donors (Lipinski definition) is 1. The predicted molar refractivity (Wildman–Crippen MR) is 101 cm³/mol. The van der Waals surface area contributed by atoms with E-state index in [4.69, 9.17) is 11.6 Å². The zero-order chi connectivity index (χ0) is 18.5. The number of carbonyl (C=O) groups is 1. The summed E-state index contributed by atoms with van der Waals surface area (Å²) in [5.41, 5.74) is 1.51. The molecule has 3 rings (SSSR count). The third kappa shape index (κ3) is 4.16. The summed E-state index contributed by atoms with van der Waals surface area (Å²) in [6.45, 7) is 0. The highest BCUT2D eigenvalue weighted by molar-refractivity contribution is 6.34. The largest absolute Gasteiger partial charge is 0.319 e. The lowest BCUT2D eigenvalue weighted by Gasteiger charge is -2.11. The molecule has 0 unspecified atom stereocenters. The maximum absolute atomic E-state index is 13.9. The van der Waals surface area contributed by atoms with Crippen molar-refractivity contribution >= 4 is 34.8 Å². The maximum Gasteiger partial charge on any atom is 0.256 e. The van der Waals surface area contributed by atoms with E-state index in [0.29, 0.717) is 21.7 Å². The average molecular weight is 370 g/mol. The van der Waals surface area contributed by atoms with Gasteiger partial charge < -0.3 is 5.32 Å². The molecule has 2 nitrogen and oxygen atoms in total. The van der Waals surface area contributed by atoms with Crippen LogP contribution in [0.15, 0.2) is 72.8 Å². The summed E-state index contributed by atoms with van der Waals surface area (Å²) in [4.78, 5) is 12.8. The summed E-state index contributed by atoms with van der Waals surface area (Å²) in [6, 6.07) is 19.0. The molecule has 0 radical (unpaired) electrons. The molecule has 0 saturated heterocycles. The maximum atomic E-state index is 13.9. The smallest absolute Gasteiger partial charge is 0.256 e. The average Bonchev–Trinajstić information content (AvgIpc) is 2.64. The first-order valence-corrected chi connectivity index (χ1v) is 8.20. The second-order valence-corrected chi connectivity index (χ2v) is 5.93. The highest BCUT2D eigenvalue weighted by atomic mass is 35.5. The van der Waals surface area contributed by atoms with E-state index in [9.17, 15) is 13.6 Å². The van der Waals surface area contributed by atoms with E-state index in [-0.39, 0.29) is 5.69 Å². The van der Waals surface area contributed by atoms with Gasteiger partial charge >= 0.3 is 0 Å². The zero-order valence-electron chi connectivity index (χ0n) is 13.5. The molecule has 3 aromatic rings. The van der Waals surface area contributed by atoms with Gasteiger partial charge in [-0.2, -0.15) is 0 Å². The quantitative estimate of drug-likeness (QED) is 0.457. The third-order valence-electron chi connectivity index (χ3n) is 3.71. The van der Waals surface area contributed by atoms with Crippen LogP contribution in [0.5, 0.6) is 0 Å². The molecule has 1 N–H and O–H groups in total. The minimum Gasteiger partial charge on any atom is -0.319 e. The Morgan fingerprint density at radius 2 is 1.62 bits per heavy atom. The Hall–Kier alpha value is -2.98. The van der Waals surface area contributed by atoms with E-state index in [1.54, 1.807) is 54.6 Å². The summed E-state index contributed by atoms with van der Waals surface area (Å²) >= 11 is 6.19. The van der Waals surface area contributed by atoms with E-state index >= 15 is 0 Å². The number of benzene rings is 3.